The molecule has 0 aliphatic carbocycles. The number of aryl methyl sites for hydroxylation is 1. The standard InChI is InChI=1S/C40H62N4O2/c1-25-21-28(37(2,3)4)22-30-33(25)45-40(26-13-11-17-43(19-15-26)35(30)41)27-14-12-18-44(20-16-27)36(42)31-23-29(38(5,6)7)24-32(34(31)46-40)39(8,9)10/h21-24,26-27,35-36H,11-20,41-42H2,1-10H3. The predicted molar refractivity (Wildman–Crippen MR) is 189 cm³/mol. The van der Waals surface area contributed by atoms with Crippen LogP contribution in [0.5, 0.6) is 11.5 Å². The van der Waals surface area contributed by atoms with Crippen molar-refractivity contribution in [3.05, 3.63) is 57.6 Å². The summed E-state index contributed by atoms with van der Waals surface area (Å²) in [4.78, 5) is 5.01. The van der Waals surface area contributed by atoms with Crippen LogP contribution in [0.2, 0.25) is 0 Å². The van der Waals surface area contributed by atoms with Crippen LogP contribution in [0, 0.1) is 18.8 Å². The number of hydrogen-bond acceptors (Lipinski definition) is 6. The van der Waals surface area contributed by atoms with E-state index in [2.05, 4.69) is 103 Å². The van der Waals surface area contributed by atoms with Gasteiger partial charge in [-0.25, -0.2) is 0 Å². The Kier molecular flexibility index (Phi) is 8.65. The lowest BCUT2D eigenvalue weighted by Crippen LogP contribution is -2.56. The zero-order chi connectivity index (χ0) is 33.4. The molecule has 7 unspecified atom stereocenters. The van der Waals surface area contributed by atoms with E-state index in [1.807, 2.05) is 0 Å². The summed E-state index contributed by atoms with van der Waals surface area (Å²) in [7, 11) is 0. The zero-order valence-electron chi connectivity index (χ0n) is 30.6. The van der Waals surface area contributed by atoms with Crippen molar-refractivity contribution in [3.8, 4) is 11.5 Å². The third-order valence-corrected chi connectivity index (χ3v) is 11.6. The maximum atomic E-state index is 7.86. The molecule has 0 radical (unpaired) electrons. The van der Waals surface area contributed by atoms with Crippen molar-refractivity contribution in [3.63, 3.8) is 0 Å². The molecule has 6 rings (SSSR count). The number of benzene rings is 2. The van der Waals surface area contributed by atoms with E-state index < -0.39 is 5.79 Å². The van der Waals surface area contributed by atoms with Gasteiger partial charge in [-0.1, -0.05) is 74.4 Å². The van der Waals surface area contributed by atoms with Crippen LogP contribution in [0.4, 0.5) is 0 Å². The molecule has 2 aromatic rings. The summed E-state index contributed by atoms with van der Waals surface area (Å²) in [6, 6.07) is 9.41. The minimum Gasteiger partial charge on any atom is -0.451 e. The van der Waals surface area contributed by atoms with E-state index >= 15 is 0 Å². The molecule has 46 heavy (non-hydrogen) atoms. The van der Waals surface area contributed by atoms with Gasteiger partial charge in [0.2, 0.25) is 0 Å². The first-order chi connectivity index (χ1) is 21.4. The highest BCUT2D eigenvalue weighted by atomic mass is 16.7. The Balaban J connectivity index is 1.66. The number of nitrogens with zero attached hydrogens (tertiary/aromatic N) is 2. The molecular weight excluding hydrogens is 568 g/mol. The summed E-state index contributed by atoms with van der Waals surface area (Å²) in [5.74, 6) is 1.49. The molecule has 4 N–H and O–H groups in total. The van der Waals surface area contributed by atoms with Crippen LogP contribution in [-0.2, 0) is 16.2 Å². The van der Waals surface area contributed by atoms with Crippen molar-refractivity contribution in [2.24, 2.45) is 23.3 Å². The van der Waals surface area contributed by atoms with Crippen molar-refractivity contribution in [2.75, 3.05) is 26.2 Å². The predicted octanol–water partition coefficient (Wildman–Crippen LogP) is 8.19. The van der Waals surface area contributed by atoms with E-state index in [0.717, 1.165) is 92.9 Å². The number of fused-ring (bicyclic) bond motifs is 10. The quantitative estimate of drug-likeness (QED) is 0.306. The molecule has 2 aromatic carbocycles. The van der Waals surface area contributed by atoms with Crippen LogP contribution in [0.3, 0.4) is 0 Å². The van der Waals surface area contributed by atoms with Gasteiger partial charge in [-0.2, -0.15) is 0 Å². The topological polar surface area (TPSA) is 77.0 Å². The first kappa shape index (κ1) is 33.8. The van der Waals surface area contributed by atoms with Gasteiger partial charge in [-0.05, 0) is 104 Å². The molecule has 4 aliphatic rings. The van der Waals surface area contributed by atoms with Crippen molar-refractivity contribution < 1.29 is 9.47 Å². The van der Waals surface area contributed by atoms with Crippen LogP contribution >= 0.6 is 0 Å². The SMILES string of the molecule is Cc1cc(C(C)(C)C)cc2c1OC1(Oc3c(cc(C(C)(C)C)cc3C(C)(C)C)C(N)N3CCCC1CC3)C1CCCN(CC1)C2N. The van der Waals surface area contributed by atoms with E-state index in [9.17, 15) is 0 Å². The fourth-order valence-corrected chi connectivity index (χ4v) is 8.57. The molecule has 2 saturated heterocycles. The Bertz CT molecular complexity index is 1440. The molecule has 6 heteroatoms. The van der Waals surface area contributed by atoms with Crippen LogP contribution in [-0.4, -0.2) is 41.8 Å². The van der Waals surface area contributed by atoms with Crippen LogP contribution in [0.1, 0.15) is 147 Å². The summed E-state index contributed by atoms with van der Waals surface area (Å²) in [5, 5.41) is 0. The molecule has 4 bridgehead atoms. The van der Waals surface area contributed by atoms with E-state index in [0.29, 0.717) is 0 Å². The molecule has 0 aromatic heterocycles. The number of nitrogens with two attached hydrogens (primary N) is 2. The van der Waals surface area contributed by atoms with Crippen molar-refractivity contribution in [1.82, 2.24) is 9.80 Å². The third kappa shape index (κ3) is 6.01. The van der Waals surface area contributed by atoms with E-state index in [1.54, 1.807) is 0 Å². The van der Waals surface area contributed by atoms with Gasteiger partial charge in [-0.15, -0.1) is 0 Å². The van der Waals surface area contributed by atoms with Gasteiger partial charge in [0.05, 0.1) is 12.3 Å². The Morgan fingerprint density at radius 2 is 1.07 bits per heavy atom. The summed E-state index contributed by atoms with van der Waals surface area (Å²) >= 11 is 0. The normalized spacial score (nSPS) is 31.9. The lowest BCUT2D eigenvalue weighted by atomic mass is 9.77. The smallest absolute Gasteiger partial charge is 0.256 e. The van der Waals surface area contributed by atoms with Gasteiger partial charge in [0.1, 0.15) is 11.5 Å². The second kappa shape index (κ2) is 11.8. The third-order valence-electron chi connectivity index (χ3n) is 11.6. The van der Waals surface area contributed by atoms with E-state index in [1.165, 1.54) is 16.7 Å². The van der Waals surface area contributed by atoms with Crippen molar-refractivity contribution in [1.29, 1.82) is 0 Å². The van der Waals surface area contributed by atoms with Crippen LogP contribution in [0.25, 0.3) is 0 Å². The largest absolute Gasteiger partial charge is 0.451 e. The minimum absolute atomic E-state index is 0.000902. The highest BCUT2D eigenvalue weighted by molar-refractivity contribution is 5.52. The first-order valence-corrected chi connectivity index (χ1v) is 18.1. The monoisotopic (exact) mass is 630 g/mol. The van der Waals surface area contributed by atoms with Crippen molar-refractivity contribution >= 4 is 0 Å². The number of ether oxygens (including phenoxy) is 2. The van der Waals surface area contributed by atoms with Crippen molar-refractivity contribution in [2.45, 2.75) is 142 Å². The number of rotatable bonds is 0. The molecule has 0 saturated carbocycles. The fraction of sp³-hybridized carbons (Fsp3) is 0.700. The Hall–Kier alpha value is -2.12. The lowest BCUT2D eigenvalue weighted by Gasteiger charge is -2.47. The minimum atomic E-state index is -0.832. The molecular formula is C40H62N4O2. The van der Waals surface area contributed by atoms with Gasteiger partial charge >= 0.3 is 0 Å². The summed E-state index contributed by atoms with van der Waals surface area (Å²) in [6.45, 7) is 26.8. The Morgan fingerprint density at radius 3 is 1.54 bits per heavy atom. The highest BCUT2D eigenvalue weighted by Crippen LogP contribution is 2.52. The average Bonchev–Trinajstić information content (AvgIpc) is 3.34. The highest BCUT2D eigenvalue weighted by Gasteiger charge is 2.54. The molecule has 4 aliphatic heterocycles. The fourth-order valence-electron chi connectivity index (χ4n) is 8.57. The zero-order valence-corrected chi connectivity index (χ0v) is 30.6. The second-order valence-corrected chi connectivity index (χ2v) is 18.0. The lowest BCUT2D eigenvalue weighted by molar-refractivity contribution is -0.201. The molecule has 7 atom stereocenters. The Labute approximate surface area is 279 Å². The molecule has 4 heterocycles. The van der Waals surface area contributed by atoms with E-state index in [-0.39, 0.29) is 40.4 Å². The van der Waals surface area contributed by atoms with Gasteiger partial charge < -0.3 is 20.9 Å². The maximum absolute atomic E-state index is 7.86. The summed E-state index contributed by atoms with van der Waals surface area (Å²) < 4.78 is 15.6. The second-order valence-electron chi connectivity index (χ2n) is 18.0. The Morgan fingerprint density at radius 1 is 0.609 bits per heavy atom. The summed E-state index contributed by atoms with van der Waals surface area (Å²) in [6.07, 6.45) is 5.84. The van der Waals surface area contributed by atoms with Crippen LogP contribution in [0.15, 0.2) is 24.3 Å². The molecule has 2 fully saturated rings. The molecule has 0 amide bonds. The molecule has 1 spiro atoms. The van der Waals surface area contributed by atoms with E-state index in [4.69, 9.17) is 20.9 Å². The molecule has 254 valence electrons. The first-order valence-electron chi connectivity index (χ1n) is 18.1. The maximum Gasteiger partial charge on any atom is 0.256 e. The van der Waals surface area contributed by atoms with Gasteiger partial charge in [-0.3, -0.25) is 9.80 Å². The van der Waals surface area contributed by atoms with Crippen LogP contribution < -0.4 is 20.9 Å². The number of hydrogen-bond donors (Lipinski definition) is 2. The molecule has 6 nitrogen and oxygen atoms in total. The van der Waals surface area contributed by atoms with Gasteiger partial charge in [0, 0.05) is 41.6 Å². The van der Waals surface area contributed by atoms with Gasteiger partial charge in [0.15, 0.2) is 0 Å². The van der Waals surface area contributed by atoms with Gasteiger partial charge in [0.25, 0.3) is 5.79 Å². The average molecular weight is 631 g/mol. The summed E-state index contributed by atoms with van der Waals surface area (Å²) in [5.41, 5.74) is 21.5.